The molecule has 1 aromatic carbocycles. The van der Waals surface area contributed by atoms with Crippen molar-refractivity contribution in [1.82, 2.24) is 14.8 Å². The summed E-state index contributed by atoms with van der Waals surface area (Å²) in [6, 6.07) is 7.03. The smallest absolute Gasteiger partial charge is 0.475 e. The molecule has 12 heteroatoms. The van der Waals surface area contributed by atoms with Crippen LogP contribution in [0.3, 0.4) is 0 Å². The summed E-state index contributed by atoms with van der Waals surface area (Å²) < 4.78 is 45.9. The van der Waals surface area contributed by atoms with Gasteiger partial charge in [-0.1, -0.05) is 29.8 Å². The van der Waals surface area contributed by atoms with Crippen LogP contribution in [0.1, 0.15) is 5.56 Å². The number of hydrogen-bond acceptors (Lipinski definition) is 4. The fourth-order valence-electron chi connectivity index (χ4n) is 1.46. The van der Waals surface area contributed by atoms with Crippen LogP contribution >= 0.6 is 11.6 Å². The van der Waals surface area contributed by atoms with Crippen LogP contribution in [0, 0.1) is 0 Å². The fourth-order valence-corrected chi connectivity index (χ4v) is 1.51. The zero-order chi connectivity index (χ0) is 19.0. The van der Waals surface area contributed by atoms with Crippen LogP contribution in [0.15, 0.2) is 36.9 Å². The van der Waals surface area contributed by atoms with Crippen LogP contribution < -0.4 is 5.32 Å². The summed E-state index contributed by atoms with van der Waals surface area (Å²) >= 11 is 5.07. The van der Waals surface area contributed by atoms with E-state index in [9.17, 15) is 22.4 Å². The number of carbonyl (C=O) groups is 2. The van der Waals surface area contributed by atoms with Gasteiger partial charge in [-0.05, 0) is 11.6 Å². The van der Waals surface area contributed by atoms with Crippen molar-refractivity contribution in [2.45, 2.75) is 18.4 Å². The van der Waals surface area contributed by atoms with E-state index in [2.05, 4.69) is 15.4 Å². The van der Waals surface area contributed by atoms with E-state index in [0.717, 1.165) is 5.56 Å². The highest BCUT2D eigenvalue weighted by Gasteiger charge is 2.38. The SMILES string of the molecule is O=C(Nc1ccccc1Cn1cncn1)C(F)Cl.O=C(O)C(F)(F)F. The van der Waals surface area contributed by atoms with Crippen molar-refractivity contribution in [3.05, 3.63) is 42.5 Å². The molecule has 7 nitrogen and oxygen atoms in total. The topological polar surface area (TPSA) is 97.1 Å². The molecule has 0 aliphatic heterocycles. The number of hydrogen-bond donors (Lipinski definition) is 2. The molecule has 0 bridgehead atoms. The van der Waals surface area contributed by atoms with Crippen molar-refractivity contribution < 1.29 is 32.3 Å². The third-order valence-electron chi connectivity index (χ3n) is 2.51. The number of carboxylic acids is 1. The number of alkyl halides is 5. The molecule has 2 N–H and O–H groups in total. The van der Waals surface area contributed by atoms with Crippen molar-refractivity contribution in [3.8, 4) is 0 Å². The van der Waals surface area contributed by atoms with E-state index >= 15 is 0 Å². The molecule has 0 spiro atoms. The number of aliphatic carboxylic acids is 1. The van der Waals surface area contributed by atoms with Crippen LogP contribution in [0.2, 0.25) is 0 Å². The Hall–Kier alpha value is -2.69. The Labute approximate surface area is 143 Å². The predicted octanol–water partition coefficient (Wildman–Crippen LogP) is 2.43. The third kappa shape index (κ3) is 7.16. The molecule has 2 aromatic rings. The van der Waals surface area contributed by atoms with Crippen LogP contribution in [-0.2, 0) is 16.1 Å². The molecule has 0 fully saturated rings. The lowest BCUT2D eigenvalue weighted by atomic mass is 10.2. The second kappa shape index (κ2) is 8.97. The van der Waals surface area contributed by atoms with E-state index in [1.807, 2.05) is 6.07 Å². The van der Waals surface area contributed by atoms with Gasteiger partial charge in [0.15, 0.2) is 0 Å². The quantitative estimate of drug-likeness (QED) is 0.625. The van der Waals surface area contributed by atoms with E-state index in [0.29, 0.717) is 12.2 Å². The Balaban J connectivity index is 0.000000381. The predicted molar refractivity (Wildman–Crippen MR) is 78.6 cm³/mol. The number of anilines is 1. The molecule has 1 amide bonds. The van der Waals surface area contributed by atoms with E-state index in [4.69, 9.17) is 21.5 Å². The van der Waals surface area contributed by atoms with Gasteiger partial charge in [0.25, 0.3) is 11.5 Å². The van der Waals surface area contributed by atoms with Gasteiger partial charge in [0.05, 0.1) is 6.54 Å². The molecule has 0 saturated heterocycles. The normalized spacial score (nSPS) is 11.9. The molecule has 0 saturated carbocycles. The Morgan fingerprint density at radius 2 is 1.92 bits per heavy atom. The van der Waals surface area contributed by atoms with Crippen molar-refractivity contribution in [2.24, 2.45) is 0 Å². The number of nitrogens with one attached hydrogen (secondary N) is 1. The molecule has 1 heterocycles. The third-order valence-corrected chi connectivity index (χ3v) is 2.71. The van der Waals surface area contributed by atoms with E-state index in [-0.39, 0.29) is 0 Å². The van der Waals surface area contributed by atoms with E-state index in [1.54, 1.807) is 29.2 Å². The molecular weight excluding hydrogens is 372 g/mol. The number of rotatable bonds is 4. The second-order valence-corrected chi connectivity index (χ2v) is 4.73. The highest BCUT2D eigenvalue weighted by molar-refractivity contribution is 6.31. The summed E-state index contributed by atoms with van der Waals surface area (Å²) in [6.45, 7) is 0.426. The summed E-state index contributed by atoms with van der Waals surface area (Å²) in [7, 11) is 0. The summed E-state index contributed by atoms with van der Waals surface area (Å²) in [5, 5.41) is 13.5. The van der Waals surface area contributed by atoms with E-state index in [1.165, 1.54) is 6.33 Å². The zero-order valence-corrected chi connectivity index (χ0v) is 13.0. The van der Waals surface area contributed by atoms with Gasteiger partial charge < -0.3 is 10.4 Å². The first-order chi connectivity index (χ1) is 11.6. The first kappa shape index (κ1) is 20.4. The highest BCUT2D eigenvalue weighted by atomic mass is 35.5. The molecule has 1 aromatic heterocycles. The molecule has 1 atom stereocenters. The Morgan fingerprint density at radius 3 is 2.40 bits per heavy atom. The maximum absolute atomic E-state index is 12.6. The molecule has 136 valence electrons. The van der Waals surface area contributed by atoms with Gasteiger partial charge in [0.1, 0.15) is 12.7 Å². The van der Waals surface area contributed by atoms with Gasteiger partial charge in [0, 0.05) is 5.69 Å². The van der Waals surface area contributed by atoms with Gasteiger partial charge >= 0.3 is 12.1 Å². The van der Waals surface area contributed by atoms with Gasteiger partial charge in [-0.15, -0.1) is 0 Å². The number of nitrogens with zero attached hydrogens (tertiary/aromatic N) is 3. The number of carboxylic acid groups (broad SMARTS) is 1. The Morgan fingerprint density at radius 1 is 1.32 bits per heavy atom. The number of benzene rings is 1. The lowest BCUT2D eigenvalue weighted by molar-refractivity contribution is -0.192. The lowest BCUT2D eigenvalue weighted by Crippen LogP contribution is -2.21. The number of para-hydroxylation sites is 1. The van der Waals surface area contributed by atoms with Crippen molar-refractivity contribution in [3.63, 3.8) is 0 Å². The summed E-state index contributed by atoms with van der Waals surface area (Å²) in [6.07, 6.45) is -2.12. The number of amides is 1. The summed E-state index contributed by atoms with van der Waals surface area (Å²) in [5.41, 5.74) is -0.778. The minimum Gasteiger partial charge on any atom is -0.475 e. The molecule has 1 unspecified atom stereocenters. The van der Waals surface area contributed by atoms with Crippen LogP contribution in [0.5, 0.6) is 0 Å². The van der Waals surface area contributed by atoms with Crippen molar-refractivity contribution in [1.29, 1.82) is 0 Å². The average molecular weight is 383 g/mol. The molecule has 25 heavy (non-hydrogen) atoms. The minimum absolute atomic E-state index is 0.426. The van der Waals surface area contributed by atoms with Crippen molar-refractivity contribution >= 4 is 29.2 Å². The molecular formula is C13H11ClF4N4O3. The average Bonchev–Trinajstić information content (AvgIpc) is 3.01. The Bertz CT molecular complexity index is 708. The molecule has 0 aliphatic rings. The highest BCUT2D eigenvalue weighted by Crippen LogP contribution is 2.17. The minimum atomic E-state index is -5.08. The number of halogens is 5. The largest absolute Gasteiger partial charge is 0.490 e. The Kier molecular flexibility index (Phi) is 7.30. The van der Waals surface area contributed by atoms with Crippen molar-refractivity contribution in [2.75, 3.05) is 5.32 Å². The summed E-state index contributed by atoms with van der Waals surface area (Å²) in [4.78, 5) is 23.9. The maximum Gasteiger partial charge on any atom is 0.490 e. The van der Waals surface area contributed by atoms with Gasteiger partial charge in [-0.3, -0.25) is 4.79 Å². The monoisotopic (exact) mass is 382 g/mol. The van der Waals surface area contributed by atoms with Crippen LogP contribution in [0.4, 0.5) is 23.2 Å². The number of carbonyl (C=O) groups excluding carboxylic acids is 1. The maximum atomic E-state index is 12.6. The first-order valence-corrected chi connectivity index (χ1v) is 6.84. The standard InChI is InChI=1S/C11H10ClFN4O.C2HF3O2/c12-10(13)11(18)16-9-4-2-1-3-8(9)5-17-7-14-6-15-17;3-2(4,5)1(6)7/h1-4,6-7,10H,5H2,(H,16,18);(H,6,7). The first-order valence-electron chi connectivity index (χ1n) is 6.40. The summed E-state index contributed by atoms with van der Waals surface area (Å²) in [5.74, 6) is -3.64. The molecule has 0 aliphatic carbocycles. The molecule has 0 radical (unpaired) electrons. The van der Waals surface area contributed by atoms with Gasteiger partial charge in [-0.2, -0.15) is 18.3 Å². The van der Waals surface area contributed by atoms with Crippen LogP contribution in [0.25, 0.3) is 0 Å². The number of aromatic nitrogens is 3. The fraction of sp³-hybridized carbons (Fsp3) is 0.231. The van der Waals surface area contributed by atoms with Crippen LogP contribution in [-0.4, -0.2) is 43.6 Å². The van der Waals surface area contributed by atoms with E-state index < -0.39 is 23.7 Å². The molecule has 2 rings (SSSR count). The lowest BCUT2D eigenvalue weighted by Gasteiger charge is -2.10. The van der Waals surface area contributed by atoms with Gasteiger partial charge in [0.2, 0.25) is 0 Å². The second-order valence-electron chi connectivity index (χ2n) is 4.34. The van der Waals surface area contributed by atoms with Gasteiger partial charge in [-0.25, -0.2) is 18.9 Å². The zero-order valence-electron chi connectivity index (χ0n) is 12.2.